The Kier molecular flexibility index (Phi) is 3.59. The smallest absolute Gasteiger partial charge is 0.126 e. The summed E-state index contributed by atoms with van der Waals surface area (Å²) in [6.07, 6.45) is 0. The van der Waals surface area contributed by atoms with Crippen LogP contribution in [0.4, 0.5) is 10.1 Å². The topological polar surface area (TPSA) is 35.8 Å². The third kappa shape index (κ3) is 3.08. The zero-order valence-corrected chi connectivity index (χ0v) is 10.1. The summed E-state index contributed by atoms with van der Waals surface area (Å²) in [5, 5.41) is 11.9. The fourth-order valence-corrected chi connectivity index (χ4v) is 1.67. The summed E-state index contributed by atoms with van der Waals surface area (Å²) in [5.74, 6) is -0.402. The molecule has 0 fully saturated rings. The van der Waals surface area contributed by atoms with Gasteiger partial charge in [-0.25, -0.2) is 4.39 Å². The van der Waals surface area contributed by atoms with Gasteiger partial charge in [0.2, 0.25) is 0 Å². The van der Waals surface area contributed by atoms with Crippen LogP contribution in [0.25, 0.3) is 0 Å². The number of hydrogen-bond acceptors (Lipinski definition) is 2. The summed E-state index contributed by atoms with van der Waals surface area (Å²) in [6, 6.07) is 14.3. The van der Waals surface area contributed by atoms with Crippen molar-refractivity contribution in [1.29, 1.82) is 5.26 Å². The minimum absolute atomic E-state index is 0.321. The first kappa shape index (κ1) is 12.1. The minimum atomic E-state index is -0.402. The van der Waals surface area contributed by atoms with Crippen LogP contribution in [0.1, 0.15) is 16.7 Å². The lowest BCUT2D eigenvalue weighted by atomic mass is 10.1. The second-order valence-electron chi connectivity index (χ2n) is 4.18. The van der Waals surface area contributed by atoms with E-state index in [0.29, 0.717) is 17.8 Å². The molecule has 0 saturated carbocycles. The van der Waals surface area contributed by atoms with Crippen molar-refractivity contribution >= 4 is 5.69 Å². The molecule has 0 amide bonds. The largest absolute Gasteiger partial charge is 0.381 e. The number of rotatable bonds is 3. The van der Waals surface area contributed by atoms with Crippen LogP contribution in [0.5, 0.6) is 0 Å². The molecule has 0 bridgehead atoms. The summed E-state index contributed by atoms with van der Waals surface area (Å²) in [6.45, 7) is 2.64. The zero-order valence-electron chi connectivity index (χ0n) is 10.1. The molecule has 0 heterocycles. The normalized spacial score (nSPS) is 9.83. The SMILES string of the molecule is Cc1ccc(CNc2cc(F)cc(C#N)c2)cc1. The van der Waals surface area contributed by atoms with E-state index in [1.54, 1.807) is 6.07 Å². The van der Waals surface area contributed by atoms with Crippen molar-refractivity contribution in [3.63, 3.8) is 0 Å². The summed E-state index contributed by atoms with van der Waals surface area (Å²) >= 11 is 0. The Morgan fingerprint density at radius 2 is 1.89 bits per heavy atom. The van der Waals surface area contributed by atoms with E-state index in [1.165, 1.54) is 17.7 Å². The van der Waals surface area contributed by atoms with Crippen molar-refractivity contribution in [3.8, 4) is 6.07 Å². The predicted octanol–water partition coefficient (Wildman–Crippen LogP) is 3.62. The number of nitriles is 1. The maximum atomic E-state index is 13.2. The van der Waals surface area contributed by atoms with Crippen molar-refractivity contribution in [2.24, 2.45) is 0 Å². The Balaban J connectivity index is 2.08. The third-order valence-corrected chi connectivity index (χ3v) is 2.64. The fourth-order valence-electron chi connectivity index (χ4n) is 1.67. The molecular formula is C15H13FN2. The van der Waals surface area contributed by atoms with Gasteiger partial charge in [0.15, 0.2) is 0 Å². The molecule has 1 N–H and O–H groups in total. The summed E-state index contributed by atoms with van der Waals surface area (Å²) < 4.78 is 13.2. The van der Waals surface area contributed by atoms with E-state index in [0.717, 1.165) is 5.56 Å². The molecule has 0 aliphatic heterocycles. The molecule has 0 radical (unpaired) electrons. The monoisotopic (exact) mass is 240 g/mol. The molecule has 2 nitrogen and oxygen atoms in total. The number of anilines is 1. The standard InChI is InChI=1S/C15H13FN2/c1-11-2-4-12(5-3-11)10-18-15-7-13(9-17)6-14(16)8-15/h2-8,18H,10H2,1H3. The fraction of sp³-hybridized carbons (Fsp3) is 0.133. The molecular weight excluding hydrogens is 227 g/mol. The number of hydrogen-bond donors (Lipinski definition) is 1. The molecule has 0 atom stereocenters. The second kappa shape index (κ2) is 5.33. The van der Waals surface area contributed by atoms with Crippen molar-refractivity contribution < 1.29 is 4.39 Å². The maximum absolute atomic E-state index is 13.2. The Morgan fingerprint density at radius 3 is 2.56 bits per heavy atom. The van der Waals surface area contributed by atoms with E-state index in [1.807, 2.05) is 37.3 Å². The quantitative estimate of drug-likeness (QED) is 0.889. The number of nitrogens with one attached hydrogen (secondary N) is 1. The predicted molar refractivity (Wildman–Crippen MR) is 69.6 cm³/mol. The molecule has 0 unspecified atom stereocenters. The lowest BCUT2D eigenvalue weighted by Gasteiger charge is -2.07. The van der Waals surface area contributed by atoms with Gasteiger partial charge in [-0.2, -0.15) is 5.26 Å². The third-order valence-electron chi connectivity index (χ3n) is 2.64. The molecule has 3 heteroatoms. The van der Waals surface area contributed by atoms with Crippen molar-refractivity contribution in [1.82, 2.24) is 0 Å². The summed E-state index contributed by atoms with van der Waals surface area (Å²) in [4.78, 5) is 0. The molecule has 0 saturated heterocycles. The van der Waals surface area contributed by atoms with Crippen LogP contribution in [0.3, 0.4) is 0 Å². The average Bonchev–Trinajstić information content (AvgIpc) is 2.37. The molecule has 2 aromatic rings. The Morgan fingerprint density at radius 1 is 1.17 bits per heavy atom. The van der Waals surface area contributed by atoms with Crippen LogP contribution >= 0.6 is 0 Å². The highest BCUT2D eigenvalue weighted by molar-refractivity contribution is 5.50. The van der Waals surface area contributed by atoms with Crippen LogP contribution in [-0.2, 0) is 6.54 Å². The number of nitrogens with zero attached hydrogens (tertiary/aromatic N) is 1. The first-order valence-electron chi connectivity index (χ1n) is 5.67. The first-order valence-corrected chi connectivity index (χ1v) is 5.67. The van der Waals surface area contributed by atoms with Crippen molar-refractivity contribution in [2.75, 3.05) is 5.32 Å². The van der Waals surface area contributed by atoms with Crippen LogP contribution in [0.15, 0.2) is 42.5 Å². The van der Waals surface area contributed by atoms with Gasteiger partial charge < -0.3 is 5.32 Å². The highest BCUT2D eigenvalue weighted by Gasteiger charge is 2.00. The average molecular weight is 240 g/mol. The number of halogens is 1. The lowest BCUT2D eigenvalue weighted by Crippen LogP contribution is -2.00. The van der Waals surface area contributed by atoms with Crippen LogP contribution in [0.2, 0.25) is 0 Å². The van der Waals surface area contributed by atoms with Gasteiger partial charge >= 0.3 is 0 Å². The maximum Gasteiger partial charge on any atom is 0.126 e. The van der Waals surface area contributed by atoms with Crippen LogP contribution in [-0.4, -0.2) is 0 Å². The van der Waals surface area contributed by atoms with Crippen molar-refractivity contribution in [3.05, 3.63) is 65.0 Å². The minimum Gasteiger partial charge on any atom is -0.381 e. The van der Waals surface area contributed by atoms with Gasteiger partial charge in [0.25, 0.3) is 0 Å². The van der Waals surface area contributed by atoms with Crippen LogP contribution < -0.4 is 5.32 Å². The van der Waals surface area contributed by atoms with E-state index in [2.05, 4.69) is 5.32 Å². The first-order chi connectivity index (χ1) is 8.67. The van der Waals surface area contributed by atoms with Crippen molar-refractivity contribution in [2.45, 2.75) is 13.5 Å². The van der Waals surface area contributed by atoms with E-state index in [-0.39, 0.29) is 0 Å². The second-order valence-corrected chi connectivity index (χ2v) is 4.18. The van der Waals surface area contributed by atoms with Gasteiger partial charge in [0.05, 0.1) is 11.6 Å². The molecule has 2 rings (SSSR count). The van der Waals surface area contributed by atoms with E-state index < -0.39 is 5.82 Å². The molecule has 0 spiro atoms. The summed E-state index contributed by atoms with van der Waals surface area (Å²) in [7, 11) is 0. The zero-order chi connectivity index (χ0) is 13.0. The van der Waals surface area contributed by atoms with Gasteiger partial charge in [0, 0.05) is 12.2 Å². The lowest BCUT2D eigenvalue weighted by molar-refractivity contribution is 0.627. The van der Waals surface area contributed by atoms with E-state index in [4.69, 9.17) is 5.26 Å². The molecule has 0 aliphatic carbocycles. The van der Waals surface area contributed by atoms with E-state index in [9.17, 15) is 4.39 Å². The number of benzene rings is 2. The van der Waals surface area contributed by atoms with Gasteiger partial charge in [-0.3, -0.25) is 0 Å². The van der Waals surface area contributed by atoms with Gasteiger partial charge in [-0.15, -0.1) is 0 Å². The molecule has 90 valence electrons. The highest BCUT2D eigenvalue weighted by atomic mass is 19.1. The van der Waals surface area contributed by atoms with Crippen LogP contribution in [0, 0.1) is 24.1 Å². The van der Waals surface area contributed by atoms with E-state index >= 15 is 0 Å². The van der Waals surface area contributed by atoms with Gasteiger partial charge in [-0.05, 0) is 30.7 Å². The summed E-state index contributed by atoms with van der Waals surface area (Å²) in [5.41, 5.74) is 3.26. The Bertz CT molecular complexity index is 582. The molecule has 18 heavy (non-hydrogen) atoms. The Labute approximate surface area is 106 Å². The molecule has 0 aromatic heterocycles. The molecule has 0 aliphatic rings. The number of aryl methyl sites for hydroxylation is 1. The molecule has 2 aromatic carbocycles. The van der Waals surface area contributed by atoms with Gasteiger partial charge in [0.1, 0.15) is 5.82 Å². The Hall–Kier alpha value is -2.34. The highest BCUT2D eigenvalue weighted by Crippen LogP contribution is 2.14. The van der Waals surface area contributed by atoms with Gasteiger partial charge in [-0.1, -0.05) is 29.8 Å².